The van der Waals surface area contributed by atoms with Gasteiger partial charge in [0.05, 0.1) is 17.1 Å². The molecule has 6 heteroatoms. The van der Waals surface area contributed by atoms with Gasteiger partial charge in [-0.2, -0.15) is 0 Å². The number of nitrogens with zero attached hydrogens (tertiary/aromatic N) is 2. The molecular formula is C31H38N4O2. The van der Waals surface area contributed by atoms with E-state index in [4.69, 9.17) is 0 Å². The number of carbonyl (C=O) groups is 1. The predicted molar refractivity (Wildman–Crippen MR) is 152 cm³/mol. The molecule has 0 bridgehead atoms. The molecule has 194 valence electrons. The lowest BCUT2D eigenvalue weighted by Gasteiger charge is -2.42. The molecule has 0 saturated carbocycles. The molecule has 37 heavy (non-hydrogen) atoms. The van der Waals surface area contributed by atoms with E-state index < -0.39 is 0 Å². The fourth-order valence-corrected chi connectivity index (χ4v) is 5.89. The molecule has 3 aromatic carbocycles. The fraction of sp³-hybridized carbons (Fsp3) is 0.387. The zero-order chi connectivity index (χ0) is 26.2. The van der Waals surface area contributed by atoms with Crippen molar-refractivity contribution < 1.29 is 9.90 Å². The van der Waals surface area contributed by atoms with Crippen LogP contribution < -0.4 is 15.5 Å². The summed E-state index contributed by atoms with van der Waals surface area (Å²) in [5.41, 5.74) is 5.79. The number of aromatic hydroxyl groups is 1. The molecule has 3 N–H and O–H groups in total. The molecule has 3 aromatic rings. The standard InChI is InChI=1S/C31H38N4O2/c1-22-12-14-23(15-13-22)32-29(37)33-25-9-5-6-10-26(25)35-21-31(24-8-7-11-27(36)28(24)35)16-18-34(19-17-31)20-30(2,3)4/h5-15,36H,16-21H2,1-4H3,(H2,32,33,37). The number of hydrogen-bond acceptors (Lipinski definition) is 4. The number of rotatable bonds is 4. The lowest BCUT2D eigenvalue weighted by molar-refractivity contribution is 0.125. The van der Waals surface area contributed by atoms with Crippen molar-refractivity contribution >= 4 is 28.8 Å². The molecule has 2 aliphatic heterocycles. The highest BCUT2D eigenvalue weighted by Crippen LogP contribution is 2.54. The van der Waals surface area contributed by atoms with Crippen LogP contribution in [-0.4, -0.2) is 42.2 Å². The van der Waals surface area contributed by atoms with Crippen LogP contribution in [0.25, 0.3) is 0 Å². The minimum atomic E-state index is -0.293. The number of carbonyl (C=O) groups excluding carboxylic acids is 1. The Kier molecular flexibility index (Phi) is 6.63. The highest BCUT2D eigenvalue weighted by molar-refractivity contribution is 6.02. The van der Waals surface area contributed by atoms with Crippen LogP contribution in [0.15, 0.2) is 66.7 Å². The Bertz CT molecular complexity index is 1270. The molecule has 0 aromatic heterocycles. The number of hydrogen-bond donors (Lipinski definition) is 3. The summed E-state index contributed by atoms with van der Waals surface area (Å²) in [5.74, 6) is 0.283. The van der Waals surface area contributed by atoms with Crippen molar-refractivity contribution in [2.24, 2.45) is 5.41 Å². The van der Waals surface area contributed by atoms with Gasteiger partial charge in [-0.3, -0.25) is 0 Å². The van der Waals surface area contributed by atoms with Gasteiger partial charge in [0.25, 0.3) is 0 Å². The number of phenolic OH excluding ortho intramolecular Hbond substituents is 1. The minimum Gasteiger partial charge on any atom is -0.506 e. The second-order valence-electron chi connectivity index (χ2n) is 11.8. The number of amides is 2. The fourth-order valence-electron chi connectivity index (χ4n) is 5.89. The van der Waals surface area contributed by atoms with Crippen molar-refractivity contribution in [2.75, 3.05) is 41.7 Å². The monoisotopic (exact) mass is 498 g/mol. The Morgan fingerprint density at radius 1 is 0.946 bits per heavy atom. The van der Waals surface area contributed by atoms with Gasteiger partial charge in [-0.25, -0.2) is 4.79 Å². The molecule has 6 nitrogen and oxygen atoms in total. The number of benzene rings is 3. The summed E-state index contributed by atoms with van der Waals surface area (Å²) in [6.45, 7) is 12.8. The maximum Gasteiger partial charge on any atom is 0.323 e. The third-order valence-corrected chi connectivity index (χ3v) is 7.58. The van der Waals surface area contributed by atoms with Crippen molar-refractivity contribution in [3.63, 3.8) is 0 Å². The first-order valence-electron chi connectivity index (χ1n) is 13.2. The molecular weight excluding hydrogens is 460 g/mol. The smallest absolute Gasteiger partial charge is 0.323 e. The number of nitrogens with one attached hydrogen (secondary N) is 2. The minimum absolute atomic E-state index is 0.0280. The highest BCUT2D eigenvalue weighted by atomic mass is 16.3. The number of piperidine rings is 1. The van der Waals surface area contributed by atoms with Crippen LogP contribution in [0.4, 0.5) is 27.5 Å². The van der Waals surface area contributed by atoms with Crippen LogP contribution in [0.3, 0.4) is 0 Å². The summed E-state index contributed by atoms with van der Waals surface area (Å²) >= 11 is 0. The molecule has 2 aliphatic rings. The Balaban J connectivity index is 1.41. The molecule has 2 heterocycles. The number of urea groups is 1. The normalized spacial score (nSPS) is 17.0. The number of para-hydroxylation sites is 3. The summed E-state index contributed by atoms with van der Waals surface area (Å²) in [7, 11) is 0. The van der Waals surface area contributed by atoms with Gasteiger partial charge in [0.2, 0.25) is 0 Å². The largest absolute Gasteiger partial charge is 0.506 e. The summed E-state index contributed by atoms with van der Waals surface area (Å²) in [6, 6.07) is 21.2. The number of phenols is 1. The number of likely N-dealkylation sites (tertiary alicyclic amines) is 1. The summed E-state index contributed by atoms with van der Waals surface area (Å²) in [6.07, 6.45) is 2.08. The van der Waals surface area contributed by atoms with Crippen LogP contribution in [0.2, 0.25) is 0 Å². The molecule has 1 spiro atoms. The van der Waals surface area contributed by atoms with Gasteiger partial charge in [0.1, 0.15) is 5.75 Å². The molecule has 0 radical (unpaired) electrons. The van der Waals surface area contributed by atoms with E-state index in [1.807, 2.05) is 61.5 Å². The average molecular weight is 499 g/mol. The van der Waals surface area contributed by atoms with Crippen molar-refractivity contribution in [2.45, 2.75) is 46.0 Å². The second kappa shape index (κ2) is 9.75. The van der Waals surface area contributed by atoms with E-state index in [1.54, 1.807) is 6.07 Å². The molecule has 0 aliphatic carbocycles. The van der Waals surface area contributed by atoms with Gasteiger partial charge in [-0.1, -0.05) is 62.7 Å². The third kappa shape index (κ3) is 5.30. The van der Waals surface area contributed by atoms with Crippen LogP contribution >= 0.6 is 0 Å². The molecule has 2 amide bonds. The van der Waals surface area contributed by atoms with Crippen molar-refractivity contribution in [3.05, 3.63) is 77.9 Å². The summed E-state index contributed by atoms with van der Waals surface area (Å²) in [4.78, 5) is 17.7. The number of aryl methyl sites for hydroxylation is 1. The summed E-state index contributed by atoms with van der Waals surface area (Å²) < 4.78 is 0. The van der Waals surface area contributed by atoms with E-state index >= 15 is 0 Å². The van der Waals surface area contributed by atoms with E-state index in [0.29, 0.717) is 5.69 Å². The SMILES string of the molecule is Cc1ccc(NC(=O)Nc2ccccc2N2CC3(CCN(CC(C)(C)C)CC3)c3cccc(O)c32)cc1. The maximum atomic E-state index is 12.9. The topological polar surface area (TPSA) is 67.8 Å². The Hall–Kier alpha value is -3.51. The van der Waals surface area contributed by atoms with Crippen molar-refractivity contribution in [1.29, 1.82) is 0 Å². The van der Waals surface area contributed by atoms with Crippen LogP contribution in [0, 0.1) is 12.3 Å². The third-order valence-electron chi connectivity index (χ3n) is 7.58. The quantitative estimate of drug-likeness (QED) is 0.367. The molecule has 0 unspecified atom stereocenters. The predicted octanol–water partition coefficient (Wildman–Crippen LogP) is 6.88. The van der Waals surface area contributed by atoms with Gasteiger partial charge in [0, 0.05) is 24.2 Å². The zero-order valence-electron chi connectivity index (χ0n) is 22.3. The van der Waals surface area contributed by atoms with Crippen LogP contribution in [0.5, 0.6) is 5.75 Å². The average Bonchev–Trinajstić information content (AvgIpc) is 3.17. The van der Waals surface area contributed by atoms with Gasteiger partial charge >= 0.3 is 6.03 Å². The summed E-state index contributed by atoms with van der Waals surface area (Å²) in [5, 5.41) is 17.0. The van der Waals surface area contributed by atoms with Crippen LogP contribution in [0.1, 0.15) is 44.7 Å². The van der Waals surface area contributed by atoms with Gasteiger partial charge < -0.3 is 25.5 Å². The van der Waals surface area contributed by atoms with Crippen LogP contribution in [-0.2, 0) is 5.41 Å². The highest BCUT2D eigenvalue weighted by Gasteiger charge is 2.46. The van der Waals surface area contributed by atoms with E-state index in [1.165, 1.54) is 5.56 Å². The lowest BCUT2D eigenvalue weighted by atomic mass is 9.74. The Morgan fingerprint density at radius 2 is 1.65 bits per heavy atom. The Morgan fingerprint density at radius 3 is 2.35 bits per heavy atom. The van der Waals surface area contributed by atoms with Gasteiger partial charge in [-0.05, 0) is 74.2 Å². The molecule has 5 rings (SSSR count). The maximum absolute atomic E-state index is 12.9. The zero-order valence-corrected chi connectivity index (χ0v) is 22.3. The number of anilines is 4. The van der Waals surface area contributed by atoms with Crippen molar-refractivity contribution in [1.82, 2.24) is 4.90 Å². The van der Waals surface area contributed by atoms with E-state index in [9.17, 15) is 9.90 Å². The van der Waals surface area contributed by atoms with Gasteiger partial charge in [-0.15, -0.1) is 0 Å². The van der Waals surface area contributed by atoms with E-state index in [0.717, 1.165) is 61.6 Å². The first-order valence-corrected chi connectivity index (χ1v) is 13.2. The molecule has 1 fully saturated rings. The first kappa shape index (κ1) is 25.2. The van der Waals surface area contributed by atoms with Gasteiger partial charge in [0.15, 0.2) is 0 Å². The van der Waals surface area contributed by atoms with E-state index in [2.05, 4.69) is 47.3 Å². The first-order chi connectivity index (χ1) is 17.6. The number of fused-ring (bicyclic) bond motifs is 2. The molecule has 0 atom stereocenters. The van der Waals surface area contributed by atoms with Crippen molar-refractivity contribution in [3.8, 4) is 5.75 Å². The lowest BCUT2D eigenvalue weighted by Crippen LogP contribution is -2.46. The second-order valence-corrected chi connectivity index (χ2v) is 11.8. The Labute approximate surface area is 220 Å². The van der Waals surface area contributed by atoms with E-state index in [-0.39, 0.29) is 22.6 Å². The molecule has 1 saturated heterocycles.